The van der Waals surface area contributed by atoms with E-state index in [1.165, 1.54) is 0 Å². The number of ether oxygens (including phenoxy) is 1. The second kappa shape index (κ2) is 12.2. The van der Waals surface area contributed by atoms with Crippen LogP contribution in [0.5, 0.6) is 5.75 Å². The van der Waals surface area contributed by atoms with Crippen molar-refractivity contribution in [3.05, 3.63) is 90.5 Å². The zero-order chi connectivity index (χ0) is 24.3. The van der Waals surface area contributed by atoms with Gasteiger partial charge in [-0.2, -0.15) is 0 Å². The topological polar surface area (TPSA) is 96.5 Å². The molecule has 0 aliphatic heterocycles. The Kier molecular flexibility index (Phi) is 8.80. The van der Waals surface area contributed by atoms with Gasteiger partial charge in [0.15, 0.2) is 6.61 Å². The van der Waals surface area contributed by atoms with E-state index in [0.29, 0.717) is 17.1 Å². The number of hydrogen-bond acceptors (Lipinski definition) is 4. The summed E-state index contributed by atoms with van der Waals surface area (Å²) in [6, 6.07) is 24.6. The third kappa shape index (κ3) is 7.78. The number of nitrogens with one attached hydrogen (secondary N) is 3. The van der Waals surface area contributed by atoms with Crippen molar-refractivity contribution >= 4 is 29.1 Å². The van der Waals surface area contributed by atoms with Crippen LogP contribution < -0.4 is 20.7 Å². The molecule has 7 heteroatoms. The number of carbonyl (C=O) groups is 3. The lowest BCUT2D eigenvalue weighted by Gasteiger charge is -2.22. The van der Waals surface area contributed by atoms with Gasteiger partial charge >= 0.3 is 0 Å². The molecule has 0 heterocycles. The Morgan fingerprint density at radius 2 is 1.41 bits per heavy atom. The number of benzene rings is 3. The summed E-state index contributed by atoms with van der Waals surface area (Å²) < 4.78 is 5.57. The highest BCUT2D eigenvalue weighted by Crippen LogP contribution is 2.18. The fraction of sp³-hybridized carbons (Fsp3) is 0.222. The summed E-state index contributed by atoms with van der Waals surface area (Å²) in [4.78, 5) is 37.5. The number of hydrogen-bond donors (Lipinski definition) is 3. The third-order valence-electron chi connectivity index (χ3n) is 5.00. The molecular weight excluding hydrogens is 430 g/mol. The number of para-hydroxylation sites is 1. The molecule has 3 N–H and O–H groups in total. The Morgan fingerprint density at radius 3 is 2.09 bits per heavy atom. The predicted octanol–water partition coefficient (Wildman–Crippen LogP) is 4.03. The van der Waals surface area contributed by atoms with Gasteiger partial charge in [-0.05, 0) is 35.7 Å². The van der Waals surface area contributed by atoms with Gasteiger partial charge in [0.05, 0.1) is 6.42 Å². The second-order valence-electron chi connectivity index (χ2n) is 8.17. The molecule has 0 saturated carbocycles. The number of rotatable bonds is 10. The minimum Gasteiger partial charge on any atom is -0.484 e. The Morgan fingerprint density at radius 1 is 0.765 bits per heavy atom. The SMILES string of the molecule is CC(C)C(NC(=O)Cc1ccccc1)C(=O)Nc1cccc(OCC(=O)Nc2ccccc2)c1. The first-order valence-electron chi connectivity index (χ1n) is 11.1. The molecule has 1 unspecified atom stereocenters. The molecule has 0 aliphatic rings. The summed E-state index contributed by atoms with van der Waals surface area (Å²) in [5.41, 5.74) is 2.07. The molecule has 0 saturated heterocycles. The van der Waals surface area contributed by atoms with Crippen molar-refractivity contribution in [1.29, 1.82) is 0 Å². The monoisotopic (exact) mass is 459 g/mol. The fourth-order valence-electron chi connectivity index (χ4n) is 3.29. The van der Waals surface area contributed by atoms with Gasteiger partial charge in [-0.15, -0.1) is 0 Å². The van der Waals surface area contributed by atoms with Crippen molar-refractivity contribution in [2.24, 2.45) is 5.92 Å². The van der Waals surface area contributed by atoms with E-state index in [0.717, 1.165) is 5.56 Å². The van der Waals surface area contributed by atoms with E-state index < -0.39 is 6.04 Å². The molecule has 176 valence electrons. The van der Waals surface area contributed by atoms with E-state index in [1.54, 1.807) is 36.4 Å². The fourth-order valence-corrected chi connectivity index (χ4v) is 3.29. The minimum absolute atomic E-state index is 0.110. The van der Waals surface area contributed by atoms with Gasteiger partial charge in [0.1, 0.15) is 11.8 Å². The molecule has 0 spiro atoms. The number of carbonyl (C=O) groups excluding carboxylic acids is 3. The van der Waals surface area contributed by atoms with Crippen molar-refractivity contribution in [1.82, 2.24) is 5.32 Å². The largest absolute Gasteiger partial charge is 0.484 e. The van der Waals surface area contributed by atoms with Gasteiger partial charge in [0.25, 0.3) is 5.91 Å². The summed E-state index contributed by atoms with van der Waals surface area (Å²) in [5, 5.41) is 8.40. The highest BCUT2D eigenvalue weighted by molar-refractivity contribution is 5.97. The van der Waals surface area contributed by atoms with Crippen LogP contribution in [0.4, 0.5) is 11.4 Å². The van der Waals surface area contributed by atoms with E-state index in [1.807, 2.05) is 62.4 Å². The summed E-state index contributed by atoms with van der Waals surface area (Å²) in [6.07, 6.45) is 0.200. The summed E-state index contributed by atoms with van der Waals surface area (Å²) >= 11 is 0. The van der Waals surface area contributed by atoms with Gasteiger partial charge in [-0.1, -0.05) is 68.4 Å². The molecule has 0 aromatic heterocycles. The third-order valence-corrected chi connectivity index (χ3v) is 5.00. The van der Waals surface area contributed by atoms with Gasteiger partial charge in [0, 0.05) is 17.4 Å². The number of anilines is 2. The van der Waals surface area contributed by atoms with Crippen molar-refractivity contribution in [3.63, 3.8) is 0 Å². The van der Waals surface area contributed by atoms with Crippen LogP contribution in [0.15, 0.2) is 84.9 Å². The zero-order valence-corrected chi connectivity index (χ0v) is 19.3. The average molecular weight is 460 g/mol. The highest BCUT2D eigenvalue weighted by atomic mass is 16.5. The standard InChI is InChI=1S/C27H29N3O4/c1-19(2)26(30-24(31)16-20-10-5-3-6-11-20)27(33)29-22-14-9-15-23(17-22)34-18-25(32)28-21-12-7-4-8-13-21/h3-15,17,19,26H,16,18H2,1-2H3,(H,28,32)(H,29,33)(H,30,31). The van der Waals surface area contributed by atoms with Crippen molar-refractivity contribution in [3.8, 4) is 5.75 Å². The first-order valence-corrected chi connectivity index (χ1v) is 11.1. The van der Waals surface area contributed by atoms with E-state index >= 15 is 0 Å². The Hall–Kier alpha value is -4.13. The lowest BCUT2D eigenvalue weighted by Crippen LogP contribution is -2.47. The normalized spacial score (nSPS) is 11.4. The molecule has 0 aliphatic carbocycles. The van der Waals surface area contributed by atoms with Crippen LogP contribution in [0.3, 0.4) is 0 Å². The maximum atomic E-state index is 12.9. The van der Waals surface area contributed by atoms with Crippen molar-refractivity contribution in [2.45, 2.75) is 26.3 Å². The van der Waals surface area contributed by atoms with Gasteiger partial charge in [-0.25, -0.2) is 0 Å². The van der Waals surface area contributed by atoms with Crippen LogP contribution in [-0.4, -0.2) is 30.4 Å². The van der Waals surface area contributed by atoms with Crippen LogP contribution in [0.25, 0.3) is 0 Å². The van der Waals surface area contributed by atoms with E-state index in [9.17, 15) is 14.4 Å². The van der Waals surface area contributed by atoms with Crippen LogP contribution >= 0.6 is 0 Å². The van der Waals surface area contributed by atoms with Gasteiger partial charge < -0.3 is 20.7 Å². The summed E-state index contributed by atoms with van der Waals surface area (Å²) in [6.45, 7) is 3.58. The average Bonchev–Trinajstić information content (AvgIpc) is 2.82. The predicted molar refractivity (Wildman–Crippen MR) is 133 cm³/mol. The van der Waals surface area contributed by atoms with Gasteiger partial charge in [0.2, 0.25) is 11.8 Å². The quantitative estimate of drug-likeness (QED) is 0.427. The lowest BCUT2D eigenvalue weighted by atomic mass is 10.0. The van der Waals surface area contributed by atoms with Crippen molar-refractivity contribution in [2.75, 3.05) is 17.2 Å². The molecular formula is C27H29N3O4. The van der Waals surface area contributed by atoms with Crippen LogP contribution in [0.1, 0.15) is 19.4 Å². The van der Waals surface area contributed by atoms with E-state index in [-0.39, 0.29) is 36.7 Å². The molecule has 3 amide bonds. The molecule has 3 rings (SSSR count). The Bertz CT molecular complexity index is 1100. The van der Waals surface area contributed by atoms with Crippen molar-refractivity contribution < 1.29 is 19.1 Å². The first kappa shape index (κ1) is 24.5. The van der Waals surface area contributed by atoms with Crippen LogP contribution in [0, 0.1) is 5.92 Å². The summed E-state index contributed by atoms with van der Waals surface area (Å²) in [7, 11) is 0. The molecule has 3 aromatic rings. The molecule has 0 bridgehead atoms. The van der Waals surface area contributed by atoms with Crippen LogP contribution in [-0.2, 0) is 20.8 Å². The number of amides is 3. The maximum absolute atomic E-state index is 12.9. The second-order valence-corrected chi connectivity index (χ2v) is 8.17. The smallest absolute Gasteiger partial charge is 0.262 e. The Balaban J connectivity index is 1.54. The summed E-state index contributed by atoms with van der Waals surface area (Å²) in [5.74, 6) is -0.505. The zero-order valence-electron chi connectivity index (χ0n) is 19.3. The highest BCUT2D eigenvalue weighted by Gasteiger charge is 2.24. The molecule has 1 atom stereocenters. The molecule has 34 heavy (non-hydrogen) atoms. The Labute approximate surface area is 199 Å². The molecule has 7 nitrogen and oxygen atoms in total. The van der Waals surface area contributed by atoms with Crippen LogP contribution in [0.2, 0.25) is 0 Å². The first-order chi connectivity index (χ1) is 16.4. The van der Waals surface area contributed by atoms with Gasteiger partial charge in [-0.3, -0.25) is 14.4 Å². The minimum atomic E-state index is -0.697. The van der Waals surface area contributed by atoms with E-state index in [2.05, 4.69) is 16.0 Å². The maximum Gasteiger partial charge on any atom is 0.262 e. The molecule has 0 radical (unpaired) electrons. The molecule has 0 fully saturated rings. The lowest BCUT2D eigenvalue weighted by molar-refractivity contribution is -0.127. The molecule has 3 aromatic carbocycles. The van der Waals surface area contributed by atoms with E-state index in [4.69, 9.17) is 4.74 Å².